The fourth-order valence-corrected chi connectivity index (χ4v) is 6.35. The highest BCUT2D eigenvalue weighted by atomic mass is 32.2. The summed E-state index contributed by atoms with van der Waals surface area (Å²) >= 11 is 2.03. The zero-order chi connectivity index (χ0) is 23.6. The fourth-order valence-electron chi connectivity index (χ4n) is 4.87. The molecule has 0 aliphatic heterocycles. The van der Waals surface area contributed by atoms with Gasteiger partial charge in [-0.2, -0.15) is 11.8 Å². The van der Waals surface area contributed by atoms with Gasteiger partial charge in [0.15, 0.2) is 0 Å². The van der Waals surface area contributed by atoms with Crippen molar-refractivity contribution in [2.24, 2.45) is 11.8 Å². The van der Waals surface area contributed by atoms with Crippen molar-refractivity contribution in [3.63, 3.8) is 0 Å². The molecule has 3 aromatic carbocycles. The van der Waals surface area contributed by atoms with Gasteiger partial charge in [0.1, 0.15) is 5.75 Å². The molecule has 0 saturated carbocycles. The van der Waals surface area contributed by atoms with Crippen molar-refractivity contribution in [3.05, 3.63) is 102 Å². The van der Waals surface area contributed by atoms with Crippen molar-refractivity contribution >= 4 is 11.8 Å². The number of hydrogen-bond donors (Lipinski definition) is 1. The van der Waals surface area contributed by atoms with Gasteiger partial charge in [-0.15, -0.1) is 0 Å². The average Bonchev–Trinajstić information content (AvgIpc) is 2.86. The molecule has 3 aromatic rings. The SMILES string of the molecule is CCC(CC(CC(C)C(C)c1ccccc1)SCc1ccccc1O)C(C)c1ccccc1. The van der Waals surface area contributed by atoms with Crippen LogP contribution < -0.4 is 0 Å². The van der Waals surface area contributed by atoms with Crippen LogP contribution in [-0.2, 0) is 5.75 Å². The van der Waals surface area contributed by atoms with Crippen LogP contribution in [0.5, 0.6) is 5.75 Å². The summed E-state index contributed by atoms with van der Waals surface area (Å²) in [5, 5.41) is 10.9. The van der Waals surface area contributed by atoms with Crippen LogP contribution in [-0.4, -0.2) is 10.4 Å². The van der Waals surface area contributed by atoms with Crippen LogP contribution >= 0.6 is 11.8 Å². The summed E-state index contributed by atoms with van der Waals surface area (Å²) < 4.78 is 0. The Morgan fingerprint density at radius 2 is 1.24 bits per heavy atom. The lowest BCUT2D eigenvalue weighted by Crippen LogP contribution is -2.20. The van der Waals surface area contributed by atoms with Crippen LogP contribution in [0, 0.1) is 11.8 Å². The molecule has 0 aromatic heterocycles. The summed E-state index contributed by atoms with van der Waals surface area (Å²) in [6.45, 7) is 9.51. The molecular weight excluding hydrogens is 420 g/mol. The number of hydrogen-bond acceptors (Lipinski definition) is 2. The molecule has 0 amide bonds. The Morgan fingerprint density at radius 3 is 1.82 bits per heavy atom. The van der Waals surface area contributed by atoms with Gasteiger partial charge < -0.3 is 5.11 Å². The summed E-state index contributed by atoms with van der Waals surface area (Å²) in [7, 11) is 0. The minimum atomic E-state index is 0.416. The molecule has 0 fully saturated rings. The van der Waals surface area contributed by atoms with E-state index in [-0.39, 0.29) is 0 Å². The highest BCUT2D eigenvalue weighted by molar-refractivity contribution is 7.99. The van der Waals surface area contributed by atoms with E-state index in [0.29, 0.717) is 34.7 Å². The second kappa shape index (κ2) is 12.9. The minimum Gasteiger partial charge on any atom is -0.508 e. The molecule has 0 saturated heterocycles. The number of rotatable bonds is 12. The number of aromatic hydroxyl groups is 1. The van der Waals surface area contributed by atoms with Gasteiger partial charge in [0.2, 0.25) is 0 Å². The molecule has 1 N–H and O–H groups in total. The van der Waals surface area contributed by atoms with Crippen molar-refractivity contribution in [3.8, 4) is 5.75 Å². The molecule has 0 bridgehead atoms. The number of thioether (sulfide) groups is 1. The summed E-state index contributed by atoms with van der Waals surface area (Å²) in [5.74, 6) is 3.60. The summed E-state index contributed by atoms with van der Waals surface area (Å²) in [5.41, 5.74) is 3.92. The Balaban J connectivity index is 1.74. The van der Waals surface area contributed by atoms with E-state index in [1.807, 2.05) is 23.9 Å². The van der Waals surface area contributed by atoms with Gasteiger partial charge in [0.05, 0.1) is 0 Å². The average molecular weight is 461 g/mol. The first-order chi connectivity index (χ1) is 16.0. The first kappa shape index (κ1) is 25.4. The maximum absolute atomic E-state index is 10.3. The third kappa shape index (κ3) is 7.40. The molecule has 176 valence electrons. The third-order valence-corrected chi connectivity index (χ3v) is 8.74. The Labute approximate surface area is 205 Å². The van der Waals surface area contributed by atoms with Crippen molar-refractivity contribution in [2.75, 3.05) is 0 Å². The second-order valence-corrected chi connectivity index (χ2v) is 10.9. The lowest BCUT2D eigenvalue weighted by Gasteiger charge is -2.31. The lowest BCUT2D eigenvalue weighted by atomic mass is 9.80. The monoisotopic (exact) mass is 460 g/mol. The molecule has 0 heterocycles. The van der Waals surface area contributed by atoms with Crippen molar-refractivity contribution in [1.29, 1.82) is 0 Å². The van der Waals surface area contributed by atoms with E-state index in [1.54, 1.807) is 6.07 Å². The predicted molar refractivity (Wildman–Crippen MR) is 145 cm³/mol. The zero-order valence-corrected chi connectivity index (χ0v) is 21.5. The highest BCUT2D eigenvalue weighted by Crippen LogP contribution is 2.39. The summed E-state index contributed by atoms with van der Waals surface area (Å²) in [4.78, 5) is 0. The van der Waals surface area contributed by atoms with Gasteiger partial charge in [-0.1, -0.05) is 113 Å². The molecule has 5 unspecified atom stereocenters. The molecule has 3 rings (SSSR count). The first-order valence-electron chi connectivity index (χ1n) is 12.5. The Morgan fingerprint density at radius 1 is 0.697 bits per heavy atom. The molecule has 33 heavy (non-hydrogen) atoms. The van der Waals surface area contributed by atoms with Crippen LogP contribution in [0.3, 0.4) is 0 Å². The molecule has 0 aliphatic carbocycles. The highest BCUT2D eigenvalue weighted by Gasteiger charge is 2.25. The van der Waals surface area contributed by atoms with Crippen LogP contribution in [0.4, 0.5) is 0 Å². The smallest absolute Gasteiger partial charge is 0.119 e. The van der Waals surface area contributed by atoms with Crippen LogP contribution in [0.2, 0.25) is 0 Å². The number of phenols is 1. The topological polar surface area (TPSA) is 20.2 Å². The van der Waals surface area contributed by atoms with E-state index in [1.165, 1.54) is 30.4 Å². The number of benzene rings is 3. The quantitative estimate of drug-likeness (QED) is 0.291. The molecule has 2 heteroatoms. The normalized spacial score (nSPS) is 16.0. The van der Waals surface area contributed by atoms with E-state index in [9.17, 15) is 5.11 Å². The van der Waals surface area contributed by atoms with Crippen LogP contribution in [0.25, 0.3) is 0 Å². The Bertz CT molecular complexity index is 939. The molecular formula is C31H40OS. The molecule has 0 spiro atoms. The predicted octanol–water partition coefficient (Wildman–Crippen LogP) is 9.04. The standard InChI is InChI=1S/C31H40OS/c1-5-26(25(4)28-16-10-7-11-17-28)21-30(33-22-29-18-12-13-19-31(29)32)20-23(2)24(3)27-14-8-6-9-15-27/h6-19,23-26,30,32H,5,20-22H2,1-4H3. The lowest BCUT2D eigenvalue weighted by molar-refractivity contribution is 0.361. The van der Waals surface area contributed by atoms with Crippen molar-refractivity contribution in [1.82, 2.24) is 0 Å². The third-order valence-electron chi connectivity index (χ3n) is 7.40. The van der Waals surface area contributed by atoms with E-state index < -0.39 is 0 Å². The summed E-state index contributed by atoms with van der Waals surface area (Å²) in [6.07, 6.45) is 3.58. The van der Waals surface area contributed by atoms with Gasteiger partial charge in [-0.3, -0.25) is 0 Å². The van der Waals surface area contributed by atoms with Gasteiger partial charge in [-0.25, -0.2) is 0 Å². The van der Waals surface area contributed by atoms with Gasteiger partial charge >= 0.3 is 0 Å². The first-order valence-corrected chi connectivity index (χ1v) is 13.5. The van der Waals surface area contributed by atoms with Gasteiger partial charge in [-0.05, 0) is 53.7 Å². The largest absolute Gasteiger partial charge is 0.508 e. The van der Waals surface area contributed by atoms with Crippen molar-refractivity contribution < 1.29 is 5.11 Å². The molecule has 1 nitrogen and oxygen atoms in total. The van der Waals surface area contributed by atoms with Crippen LogP contribution in [0.15, 0.2) is 84.9 Å². The zero-order valence-electron chi connectivity index (χ0n) is 20.7. The molecule has 0 aliphatic rings. The molecule has 5 atom stereocenters. The van der Waals surface area contributed by atoms with Crippen LogP contribution in [0.1, 0.15) is 75.5 Å². The van der Waals surface area contributed by atoms with E-state index in [2.05, 4.69) is 94.4 Å². The van der Waals surface area contributed by atoms with Gasteiger partial charge in [0, 0.05) is 16.6 Å². The Hall–Kier alpha value is -2.19. The second-order valence-electron chi connectivity index (χ2n) is 9.58. The Kier molecular flexibility index (Phi) is 9.94. The maximum atomic E-state index is 10.3. The van der Waals surface area contributed by atoms with E-state index in [4.69, 9.17) is 0 Å². The van der Waals surface area contributed by atoms with Crippen molar-refractivity contribution in [2.45, 2.75) is 69.8 Å². The number of para-hydroxylation sites is 1. The van der Waals surface area contributed by atoms with Gasteiger partial charge in [0.25, 0.3) is 0 Å². The minimum absolute atomic E-state index is 0.416. The van der Waals surface area contributed by atoms with E-state index in [0.717, 1.165) is 11.3 Å². The fraction of sp³-hybridized carbons (Fsp3) is 0.419. The van der Waals surface area contributed by atoms with E-state index >= 15 is 0 Å². The number of phenolic OH excluding ortho intramolecular Hbond substituents is 1. The maximum Gasteiger partial charge on any atom is 0.119 e. The summed E-state index contributed by atoms with van der Waals surface area (Å²) in [6, 6.07) is 29.7. The molecule has 0 radical (unpaired) electrons.